The van der Waals surface area contributed by atoms with Gasteiger partial charge in [-0.2, -0.15) is 0 Å². The Kier molecular flexibility index (Phi) is 5.14. The molecule has 25 heavy (non-hydrogen) atoms. The zero-order valence-corrected chi connectivity index (χ0v) is 15.2. The molecule has 0 bridgehead atoms. The van der Waals surface area contributed by atoms with Crippen LogP contribution in [0, 0.1) is 13.8 Å². The highest BCUT2D eigenvalue weighted by Crippen LogP contribution is 2.23. The van der Waals surface area contributed by atoms with E-state index in [2.05, 4.69) is 20.5 Å². The third-order valence-electron chi connectivity index (χ3n) is 3.81. The van der Waals surface area contributed by atoms with Crippen LogP contribution in [-0.4, -0.2) is 31.4 Å². The van der Waals surface area contributed by atoms with Gasteiger partial charge in [0.25, 0.3) is 0 Å². The van der Waals surface area contributed by atoms with Gasteiger partial charge in [0.15, 0.2) is 11.0 Å². The van der Waals surface area contributed by atoms with Crippen molar-refractivity contribution in [3.8, 4) is 11.5 Å². The van der Waals surface area contributed by atoms with Gasteiger partial charge in [0.05, 0.1) is 5.75 Å². The standard InChI is InChI=1S/C18H19N5OS/c1-12-7-6-8-13(2)16(12)20-15(24)11-25-18-22-21-17(23(18)3)14-9-4-5-10-19-14/h4-10H,11H2,1-3H3,(H,20,24). The summed E-state index contributed by atoms with van der Waals surface area (Å²) in [6.07, 6.45) is 1.72. The van der Waals surface area contributed by atoms with E-state index in [0.717, 1.165) is 22.5 Å². The van der Waals surface area contributed by atoms with Crippen LogP contribution in [0.4, 0.5) is 5.69 Å². The van der Waals surface area contributed by atoms with Gasteiger partial charge in [-0.25, -0.2) is 0 Å². The Labute approximate surface area is 150 Å². The van der Waals surface area contributed by atoms with Crippen LogP contribution in [0.3, 0.4) is 0 Å². The Bertz CT molecular complexity index is 871. The maximum atomic E-state index is 12.3. The summed E-state index contributed by atoms with van der Waals surface area (Å²) < 4.78 is 1.85. The number of hydrogen-bond acceptors (Lipinski definition) is 5. The van der Waals surface area contributed by atoms with Gasteiger partial charge < -0.3 is 9.88 Å². The van der Waals surface area contributed by atoms with Gasteiger partial charge in [0.2, 0.25) is 5.91 Å². The highest BCUT2D eigenvalue weighted by Gasteiger charge is 2.14. The summed E-state index contributed by atoms with van der Waals surface area (Å²) in [6.45, 7) is 3.97. The molecule has 2 heterocycles. The van der Waals surface area contributed by atoms with Crippen molar-refractivity contribution in [3.05, 3.63) is 53.7 Å². The number of anilines is 1. The van der Waals surface area contributed by atoms with E-state index in [1.54, 1.807) is 6.20 Å². The highest BCUT2D eigenvalue weighted by molar-refractivity contribution is 7.99. The van der Waals surface area contributed by atoms with Crippen LogP contribution in [0.25, 0.3) is 11.5 Å². The molecule has 0 unspecified atom stereocenters. The summed E-state index contributed by atoms with van der Waals surface area (Å²) in [4.78, 5) is 16.6. The average Bonchev–Trinajstić information content (AvgIpc) is 2.98. The molecular formula is C18H19N5OS. The van der Waals surface area contributed by atoms with Crippen LogP contribution in [0.15, 0.2) is 47.8 Å². The van der Waals surface area contributed by atoms with E-state index < -0.39 is 0 Å². The van der Waals surface area contributed by atoms with Gasteiger partial charge >= 0.3 is 0 Å². The van der Waals surface area contributed by atoms with Crippen molar-refractivity contribution in [3.63, 3.8) is 0 Å². The molecule has 2 aromatic heterocycles. The zero-order chi connectivity index (χ0) is 17.8. The fourth-order valence-corrected chi connectivity index (χ4v) is 3.19. The predicted octanol–water partition coefficient (Wildman–Crippen LogP) is 3.22. The average molecular weight is 353 g/mol. The van der Waals surface area contributed by atoms with E-state index in [4.69, 9.17) is 0 Å². The van der Waals surface area contributed by atoms with Crippen molar-refractivity contribution in [1.82, 2.24) is 19.7 Å². The molecule has 0 radical (unpaired) electrons. The van der Waals surface area contributed by atoms with Gasteiger partial charge in [-0.05, 0) is 37.1 Å². The van der Waals surface area contributed by atoms with E-state index in [1.165, 1.54) is 11.8 Å². The fourth-order valence-electron chi connectivity index (χ4n) is 2.48. The Balaban J connectivity index is 1.66. The van der Waals surface area contributed by atoms with Gasteiger partial charge in [-0.1, -0.05) is 36.0 Å². The van der Waals surface area contributed by atoms with E-state index in [1.807, 2.05) is 61.9 Å². The van der Waals surface area contributed by atoms with Gasteiger partial charge in [0.1, 0.15) is 5.69 Å². The number of amides is 1. The summed E-state index contributed by atoms with van der Waals surface area (Å²) in [6, 6.07) is 11.6. The van der Waals surface area contributed by atoms with E-state index >= 15 is 0 Å². The van der Waals surface area contributed by atoms with Crippen molar-refractivity contribution in [2.45, 2.75) is 19.0 Å². The fraction of sp³-hybridized carbons (Fsp3) is 0.222. The quantitative estimate of drug-likeness (QED) is 0.713. The number of carbonyl (C=O) groups excluding carboxylic acids is 1. The number of carbonyl (C=O) groups is 1. The van der Waals surface area contributed by atoms with Gasteiger partial charge in [-0.3, -0.25) is 9.78 Å². The molecule has 0 spiro atoms. The Morgan fingerprint density at radius 1 is 1.12 bits per heavy atom. The summed E-state index contributed by atoms with van der Waals surface area (Å²) in [5.41, 5.74) is 3.73. The third kappa shape index (κ3) is 3.88. The van der Waals surface area contributed by atoms with Crippen molar-refractivity contribution >= 4 is 23.4 Å². The molecule has 1 N–H and O–H groups in total. The minimum Gasteiger partial charge on any atom is -0.325 e. The summed E-state index contributed by atoms with van der Waals surface area (Å²) in [5.74, 6) is 0.880. The zero-order valence-electron chi connectivity index (χ0n) is 14.4. The largest absolute Gasteiger partial charge is 0.325 e. The SMILES string of the molecule is Cc1cccc(C)c1NC(=O)CSc1nnc(-c2ccccn2)n1C. The molecule has 0 saturated carbocycles. The van der Waals surface area contributed by atoms with Gasteiger partial charge in [0, 0.05) is 18.9 Å². The smallest absolute Gasteiger partial charge is 0.234 e. The summed E-state index contributed by atoms with van der Waals surface area (Å²) in [5, 5.41) is 12.0. The molecular weight excluding hydrogens is 334 g/mol. The number of thioether (sulfide) groups is 1. The number of hydrogen-bond donors (Lipinski definition) is 1. The first-order valence-electron chi connectivity index (χ1n) is 7.86. The number of aromatic nitrogens is 4. The normalized spacial score (nSPS) is 10.7. The van der Waals surface area contributed by atoms with E-state index in [9.17, 15) is 4.79 Å². The molecule has 0 atom stereocenters. The molecule has 0 aliphatic rings. The molecule has 0 fully saturated rings. The van der Waals surface area contributed by atoms with Crippen molar-refractivity contribution in [2.75, 3.05) is 11.1 Å². The number of aryl methyl sites for hydroxylation is 2. The second-order valence-corrected chi connectivity index (χ2v) is 6.63. The minimum absolute atomic E-state index is 0.0650. The molecule has 3 rings (SSSR count). The number of para-hydroxylation sites is 1. The minimum atomic E-state index is -0.0650. The maximum Gasteiger partial charge on any atom is 0.234 e. The predicted molar refractivity (Wildman–Crippen MR) is 99.5 cm³/mol. The van der Waals surface area contributed by atoms with Crippen molar-refractivity contribution in [1.29, 1.82) is 0 Å². The lowest BCUT2D eigenvalue weighted by atomic mass is 10.1. The molecule has 7 heteroatoms. The second-order valence-electron chi connectivity index (χ2n) is 5.68. The van der Waals surface area contributed by atoms with Crippen LogP contribution in [0.1, 0.15) is 11.1 Å². The molecule has 3 aromatic rings. The molecule has 0 saturated heterocycles. The number of benzene rings is 1. The van der Waals surface area contributed by atoms with Crippen LogP contribution < -0.4 is 5.32 Å². The lowest BCUT2D eigenvalue weighted by Crippen LogP contribution is -2.16. The lowest BCUT2D eigenvalue weighted by molar-refractivity contribution is -0.113. The molecule has 128 valence electrons. The van der Waals surface area contributed by atoms with Crippen LogP contribution in [-0.2, 0) is 11.8 Å². The van der Waals surface area contributed by atoms with Crippen LogP contribution in [0.2, 0.25) is 0 Å². The number of rotatable bonds is 5. The molecule has 6 nitrogen and oxygen atoms in total. The number of pyridine rings is 1. The van der Waals surface area contributed by atoms with Crippen LogP contribution in [0.5, 0.6) is 0 Å². The molecule has 0 aliphatic heterocycles. The van der Waals surface area contributed by atoms with Gasteiger partial charge in [-0.15, -0.1) is 10.2 Å². The Hall–Kier alpha value is -2.67. The molecule has 0 aliphatic carbocycles. The second kappa shape index (κ2) is 7.48. The number of nitrogens with zero attached hydrogens (tertiary/aromatic N) is 4. The first-order valence-corrected chi connectivity index (χ1v) is 8.84. The third-order valence-corrected chi connectivity index (χ3v) is 4.83. The Morgan fingerprint density at radius 2 is 1.88 bits per heavy atom. The van der Waals surface area contributed by atoms with Crippen LogP contribution >= 0.6 is 11.8 Å². The van der Waals surface area contributed by atoms with E-state index in [0.29, 0.717) is 11.0 Å². The summed E-state index contributed by atoms with van der Waals surface area (Å²) in [7, 11) is 1.87. The first-order chi connectivity index (χ1) is 12.1. The first kappa shape index (κ1) is 17.2. The van der Waals surface area contributed by atoms with Crippen molar-refractivity contribution in [2.24, 2.45) is 7.05 Å². The monoisotopic (exact) mass is 353 g/mol. The van der Waals surface area contributed by atoms with Crippen molar-refractivity contribution < 1.29 is 4.79 Å². The lowest BCUT2D eigenvalue weighted by Gasteiger charge is -2.11. The summed E-state index contributed by atoms with van der Waals surface area (Å²) >= 11 is 1.35. The maximum absolute atomic E-state index is 12.3. The molecule has 1 aromatic carbocycles. The highest BCUT2D eigenvalue weighted by atomic mass is 32.2. The Morgan fingerprint density at radius 3 is 2.56 bits per heavy atom. The van der Waals surface area contributed by atoms with E-state index in [-0.39, 0.29) is 11.7 Å². The molecule has 1 amide bonds. The topological polar surface area (TPSA) is 72.7 Å². The number of nitrogens with one attached hydrogen (secondary N) is 1.